The van der Waals surface area contributed by atoms with Crippen molar-refractivity contribution in [3.8, 4) is 0 Å². The summed E-state index contributed by atoms with van der Waals surface area (Å²) < 4.78 is 5.24. The van der Waals surface area contributed by atoms with Crippen molar-refractivity contribution in [3.63, 3.8) is 0 Å². The Kier molecular flexibility index (Phi) is 4.91. The standard InChI is InChI=1S/C26H40O3/c1-16(14-17-10-13-29-24(17)28)21-6-7-22-20-5-4-18-15-19(27)8-11-25(18,2)23(20)9-12-26(21,22)3/h16-18,20-23H,4-15H2,1-3H3/t16-,17?,18+,20?,21-,22?,23?,25+,26-/m1/s1. The number of hydrogen-bond acceptors (Lipinski definition) is 3. The van der Waals surface area contributed by atoms with Crippen LogP contribution in [0.15, 0.2) is 0 Å². The van der Waals surface area contributed by atoms with Gasteiger partial charge in [-0.25, -0.2) is 0 Å². The minimum Gasteiger partial charge on any atom is -0.465 e. The quantitative estimate of drug-likeness (QED) is 0.562. The van der Waals surface area contributed by atoms with E-state index in [1.807, 2.05) is 0 Å². The van der Waals surface area contributed by atoms with Crippen molar-refractivity contribution in [2.45, 2.75) is 91.4 Å². The molecule has 5 rings (SSSR count). The molecule has 0 spiro atoms. The van der Waals surface area contributed by atoms with Crippen LogP contribution in [-0.4, -0.2) is 18.4 Å². The van der Waals surface area contributed by atoms with E-state index in [-0.39, 0.29) is 11.9 Å². The largest absolute Gasteiger partial charge is 0.465 e. The van der Waals surface area contributed by atoms with E-state index in [1.165, 1.54) is 38.5 Å². The molecule has 4 aliphatic carbocycles. The number of fused-ring (bicyclic) bond motifs is 5. The van der Waals surface area contributed by atoms with Crippen molar-refractivity contribution in [1.82, 2.24) is 0 Å². The van der Waals surface area contributed by atoms with Crippen molar-refractivity contribution in [1.29, 1.82) is 0 Å². The van der Waals surface area contributed by atoms with Crippen LogP contribution in [0.4, 0.5) is 0 Å². The van der Waals surface area contributed by atoms with Gasteiger partial charge in [0.05, 0.1) is 12.5 Å². The van der Waals surface area contributed by atoms with Gasteiger partial charge in [0.25, 0.3) is 0 Å². The Morgan fingerprint density at radius 2 is 1.76 bits per heavy atom. The third-order valence-electron chi connectivity index (χ3n) is 10.9. The van der Waals surface area contributed by atoms with Crippen LogP contribution in [0.25, 0.3) is 0 Å². The first-order valence-electron chi connectivity index (χ1n) is 12.5. The number of carbonyl (C=O) groups is 2. The zero-order chi connectivity index (χ0) is 20.4. The number of ether oxygens (including phenoxy) is 1. The fraction of sp³-hybridized carbons (Fsp3) is 0.923. The Labute approximate surface area is 176 Å². The van der Waals surface area contributed by atoms with E-state index in [1.54, 1.807) is 0 Å². The number of hydrogen-bond donors (Lipinski definition) is 0. The first-order valence-corrected chi connectivity index (χ1v) is 12.5. The number of ketones is 1. The van der Waals surface area contributed by atoms with Gasteiger partial charge in [0, 0.05) is 12.8 Å². The maximum absolute atomic E-state index is 12.1. The summed E-state index contributed by atoms with van der Waals surface area (Å²) in [6.07, 6.45) is 12.9. The number of esters is 1. The summed E-state index contributed by atoms with van der Waals surface area (Å²) in [5, 5.41) is 0. The number of Topliss-reactive ketones (excluding diaryl/α,β-unsaturated/α-hetero) is 1. The molecule has 1 aliphatic heterocycles. The lowest BCUT2D eigenvalue weighted by Gasteiger charge is -2.60. The Morgan fingerprint density at radius 1 is 0.966 bits per heavy atom. The summed E-state index contributed by atoms with van der Waals surface area (Å²) in [6, 6.07) is 0. The molecule has 4 saturated carbocycles. The summed E-state index contributed by atoms with van der Waals surface area (Å²) in [6.45, 7) is 8.20. The van der Waals surface area contributed by atoms with Gasteiger partial charge in [-0.2, -0.15) is 0 Å². The van der Waals surface area contributed by atoms with E-state index in [0.717, 1.165) is 55.8 Å². The monoisotopic (exact) mass is 400 g/mol. The summed E-state index contributed by atoms with van der Waals surface area (Å²) in [7, 11) is 0. The average molecular weight is 401 g/mol. The molecule has 0 bridgehead atoms. The fourth-order valence-electron chi connectivity index (χ4n) is 9.39. The van der Waals surface area contributed by atoms with Gasteiger partial charge in [0.2, 0.25) is 0 Å². The molecule has 1 saturated heterocycles. The van der Waals surface area contributed by atoms with E-state index < -0.39 is 0 Å². The molecule has 4 unspecified atom stereocenters. The van der Waals surface area contributed by atoms with Crippen LogP contribution in [-0.2, 0) is 14.3 Å². The Hall–Kier alpha value is -0.860. The van der Waals surface area contributed by atoms with Crippen molar-refractivity contribution < 1.29 is 14.3 Å². The molecule has 0 amide bonds. The van der Waals surface area contributed by atoms with Crippen molar-refractivity contribution in [3.05, 3.63) is 0 Å². The number of cyclic esters (lactones) is 1. The van der Waals surface area contributed by atoms with E-state index in [2.05, 4.69) is 20.8 Å². The zero-order valence-corrected chi connectivity index (χ0v) is 18.8. The molecule has 0 radical (unpaired) electrons. The van der Waals surface area contributed by atoms with Crippen LogP contribution in [0.5, 0.6) is 0 Å². The van der Waals surface area contributed by atoms with E-state index in [0.29, 0.717) is 35.1 Å². The molecule has 0 N–H and O–H groups in total. The van der Waals surface area contributed by atoms with E-state index in [9.17, 15) is 9.59 Å². The van der Waals surface area contributed by atoms with Gasteiger partial charge in [-0.3, -0.25) is 9.59 Å². The second kappa shape index (κ2) is 7.09. The van der Waals surface area contributed by atoms with Gasteiger partial charge >= 0.3 is 5.97 Å². The molecule has 9 atom stereocenters. The van der Waals surface area contributed by atoms with Crippen LogP contribution in [0.2, 0.25) is 0 Å². The summed E-state index contributed by atoms with van der Waals surface area (Å²) in [4.78, 5) is 24.1. The lowest BCUT2D eigenvalue weighted by atomic mass is 9.44. The topological polar surface area (TPSA) is 43.4 Å². The Morgan fingerprint density at radius 3 is 2.52 bits per heavy atom. The molecular formula is C26H40O3. The molecule has 3 nitrogen and oxygen atoms in total. The molecule has 3 heteroatoms. The highest BCUT2D eigenvalue weighted by Crippen LogP contribution is 2.68. The predicted octanol–water partition coefficient (Wildman–Crippen LogP) is 5.80. The lowest BCUT2D eigenvalue weighted by molar-refractivity contribution is -0.142. The molecule has 0 aromatic heterocycles. The summed E-state index contributed by atoms with van der Waals surface area (Å²) >= 11 is 0. The third-order valence-corrected chi connectivity index (χ3v) is 10.9. The third kappa shape index (κ3) is 3.04. The second-order valence-electron chi connectivity index (χ2n) is 12.0. The van der Waals surface area contributed by atoms with Gasteiger partial charge in [-0.1, -0.05) is 20.8 Å². The van der Waals surface area contributed by atoms with E-state index >= 15 is 0 Å². The lowest BCUT2D eigenvalue weighted by Crippen LogP contribution is -2.53. The van der Waals surface area contributed by atoms with Gasteiger partial charge in [0.15, 0.2) is 0 Å². The van der Waals surface area contributed by atoms with Crippen molar-refractivity contribution in [2.75, 3.05) is 6.61 Å². The molecule has 5 fully saturated rings. The van der Waals surface area contributed by atoms with Gasteiger partial charge in [0.1, 0.15) is 5.78 Å². The maximum Gasteiger partial charge on any atom is 0.309 e. The Balaban J connectivity index is 1.33. The fourth-order valence-corrected chi connectivity index (χ4v) is 9.39. The summed E-state index contributed by atoms with van der Waals surface area (Å²) in [5.41, 5.74) is 0.867. The normalized spacial score (nSPS) is 50.4. The molecule has 162 valence electrons. The highest BCUT2D eigenvalue weighted by molar-refractivity contribution is 5.79. The zero-order valence-electron chi connectivity index (χ0n) is 18.8. The first-order chi connectivity index (χ1) is 13.8. The van der Waals surface area contributed by atoms with Crippen LogP contribution in [0.1, 0.15) is 91.4 Å². The van der Waals surface area contributed by atoms with Gasteiger partial charge in [-0.05, 0) is 104 Å². The van der Waals surface area contributed by atoms with Crippen molar-refractivity contribution in [2.24, 2.45) is 52.3 Å². The molecule has 5 aliphatic rings. The first kappa shape index (κ1) is 20.1. The van der Waals surface area contributed by atoms with Crippen LogP contribution in [0, 0.1) is 52.3 Å². The van der Waals surface area contributed by atoms with Crippen LogP contribution < -0.4 is 0 Å². The predicted molar refractivity (Wildman–Crippen MR) is 113 cm³/mol. The van der Waals surface area contributed by atoms with Crippen LogP contribution >= 0.6 is 0 Å². The molecule has 1 heterocycles. The minimum absolute atomic E-state index is 0.0540. The molecule has 0 aromatic carbocycles. The highest BCUT2D eigenvalue weighted by atomic mass is 16.5. The Bertz CT molecular complexity index is 685. The van der Waals surface area contributed by atoms with Gasteiger partial charge < -0.3 is 4.74 Å². The number of carbonyl (C=O) groups excluding carboxylic acids is 2. The highest BCUT2D eigenvalue weighted by Gasteiger charge is 2.60. The van der Waals surface area contributed by atoms with Crippen molar-refractivity contribution >= 4 is 11.8 Å². The SMILES string of the molecule is C[C@H](CC1CCOC1=O)[C@H]1CCC2C3CC[C@H]4CC(=O)CC[C@]4(C)C3CC[C@@]21C. The molecule has 0 aromatic rings. The summed E-state index contributed by atoms with van der Waals surface area (Å²) in [5.74, 6) is 5.33. The van der Waals surface area contributed by atoms with Gasteiger partial charge in [-0.15, -0.1) is 0 Å². The molecular weight excluding hydrogens is 360 g/mol. The smallest absolute Gasteiger partial charge is 0.309 e. The maximum atomic E-state index is 12.1. The minimum atomic E-state index is 0.0540. The average Bonchev–Trinajstić information content (AvgIpc) is 3.25. The number of rotatable bonds is 3. The van der Waals surface area contributed by atoms with Crippen LogP contribution in [0.3, 0.4) is 0 Å². The van der Waals surface area contributed by atoms with E-state index in [4.69, 9.17) is 4.74 Å². The second-order valence-corrected chi connectivity index (χ2v) is 12.0. The molecule has 29 heavy (non-hydrogen) atoms.